The lowest BCUT2D eigenvalue weighted by atomic mass is 10.2. The van der Waals surface area contributed by atoms with E-state index in [1.165, 1.54) is 32.6 Å². The highest BCUT2D eigenvalue weighted by atomic mass is 32.1. The predicted octanol–water partition coefficient (Wildman–Crippen LogP) is 1.35. The molecule has 0 aromatic heterocycles. The molecule has 1 rings (SSSR count). The van der Waals surface area contributed by atoms with Gasteiger partial charge in [-0.25, -0.2) is 0 Å². The summed E-state index contributed by atoms with van der Waals surface area (Å²) in [4.78, 5) is 5.08. The van der Waals surface area contributed by atoms with Gasteiger partial charge in [-0.05, 0) is 26.1 Å². The molecule has 1 fully saturated rings. The van der Waals surface area contributed by atoms with Crippen molar-refractivity contribution in [2.75, 3.05) is 51.7 Å². The second-order valence-electron chi connectivity index (χ2n) is 4.30. The Kier molecular flexibility index (Phi) is 7.45. The van der Waals surface area contributed by atoms with Crippen LogP contribution in [0.4, 0.5) is 0 Å². The van der Waals surface area contributed by atoms with Gasteiger partial charge in [-0.2, -0.15) is 12.6 Å². The van der Waals surface area contributed by atoms with Crippen molar-refractivity contribution < 1.29 is 4.74 Å². The first-order valence-corrected chi connectivity index (χ1v) is 7.10. The van der Waals surface area contributed by atoms with Crippen LogP contribution in [0.15, 0.2) is 0 Å². The summed E-state index contributed by atoms with van der Waals surface area (Å²) >= 11 is 4.12. The van der Waals surface area contributed by atoms with Crippen molar-refractivity contribution in [3.8, 4) is 0 Å². The van der Waals surface area contributed by atoms with Crippen LogP contribution in [0.3, 0.4) is 0 Å². The third-order valence-electron chi connectivity index (χ3n) is 3.36. The van der Waals surface area contributed by atoms with Crippen LogP contribution in [-0.2, 0) is 4.74 Å². The summed E-state index contributed by atoms with van der Waals surface area (Å²) in [6, 6.07) is 0.764. The maximum Gasteiger partial charge on any atom is 0.0593 e. The van der Waals surface area contributed by atoms with E-state index < -0.39 is 0 Å². The van der Waals surface area contributed by atoms with Gasteiger partial charge in [0.2, 0.25) is 0 Å². The molecule has 96 valence electrons. The number of thiol groups is 1. The molecule has 0 amide bonds. The molecule has 1 saturated heterocycles. The highest BCUT2D eigenvalue weighted by Gasteiger charge is 2.25. The number of likely N-dealkylation sites (N-methyl/N-ethyl adjacent to an activating group) is 1. The molecule has 1 atom stereocenters. The first-order chi connectivity index (χ1) is 7.81. The number of likely N-dealkylation sites (tertiary alicyclic amines) is 1. The van der Waals surface area contributed by atoms with E-state index >= 15 is 0 Å². The molecular formula is C12H26N2OS. The fraction of sp³-hybridized carbons (Fsp3) is 1.00. The van der Waals surface area contributed by atoms with E-state index in [0.29, 0.717) is 0 Å². The molecule has 0 aromatic carbocycles. The van der Waals surface area contributed by atoms with Crippen LogP contribution >= 0.6 is 12.6 Å². The quantitative estimate of drug-likeness (QED) is 0.514. The zero-order chi connectivity index (χ0) is 11.8. The van der Waals surface area contributed by atoms with Crippen molar-refractivity contribution in [3.63, 3.8) is 0 Å². The zero-order valence-electron chi connectivity index (χ0n) is 10.7. The minimum absolute atomic E-state index is 0.764. The normalized spacial score (nSPS) is 22.1. The molecule has 0 saturated carbocycles. The average Bonchev–Trinajstić information content (AvgIpc) is 2.75. The molecule has 1 heterocycles. The van der Waals surface area contributed by atoms with Gasteiger partial charge in [-0.1, -0.05) is 13.8 Å². The Labute approximate surface area is 106 Å². The van der Waals surface area contributed by atoms with Crippen molar-refractivity contribution in [3.05, 3.63) is 0 Å². The Morgan fingerprint density at radius 1 is 1.31 bits per heavy atom. The maximum absolute atomic E-state index is 5.46. The highest BCUT2D eigenvalue weighted by Crippen LogP contribution is 2.14. The van der Waals surface area contributed by atoms with Gasteiger partial charge in [0.15, 0.2) is 0 Å². The van der Waals surface area contributed by atoms with Crippen LogP contribution in [0.1, 0.15) is 20.3 Å². The molecule has 4 heteroatoms. The zero-order valence-corrected chi connectivity index (χ0v) is 11.6. The van der Waals surface area contributed by atoms with Crippen molar-refractivity contribution in [2.24, 2.45) is 0 Å². The summed E-state index contributed by atoms with van der Waals surface area (Å²) < 4.78 is 5.46. The van der Waals surface area contributed by atoms with Crippen LogP contribution in [-0.4, -0.2) is 67.5 Å². The predicted molar refractivity (Wildman–Crippen MR) is 72.4 cm³/mol. The molecule has 0 spiro atoms. The largest absolute Gasteiger partial charge is 0.379 e. The minimum atomic E-state index is 0.764. The molecule has 1 unspecified atom stereocenters. The van der Waals surface area contributed by atoms with E-state index in [1.54, 1.807) is 0 Å². The summed E-state index contributed by atoms with van der Waals surface area (Å²) in [5.41, 5.74) is 0. The fourth-order valence-corrected chi connectivity index (χ4v) is 2.54. The first-order valence-electron chi connectivity index (χ1n) is 6.46. The van der Waals surface area contributed by atoms with Crippen LogP contribution in [0.25, 0.3) is 0 Å². The number of ether oxygens (including phenoxy) is 1. The Morgan fingerprint density at radius 2 is 2.06 bits per heavy atom. The van der Waals surface area contributed by atoms with Crippen molar-refractivity contribution >= 4 is 12.6 Å². The molecule has 1 aliphatic heterocycles. The van der Waals surface area contributed by atoms with E-state index in [1.807, 2.05) is 0 Å². The summed E-state index contributed by atoms with van der Waals surface area (Å²) in [6.45, 7) is 12.0. The lowest BCUT2D eigenvalue weighted by Gasteiger charge is -2.26. The average molecular weight is 246 g/mol. The maximum atomic E-state index is 5.46. The molecule has 3 nitrogen and oxygen atoms in total. The third kappa shape index (κ3) is 4.62. The molecule has 0 bridgehead atoms. The van der Waals surface area contributed by atoms with Gasteiger partial charge in [0.25, 0.3) is 0 Å². The topological polar surface area (TPSA) is 15.7 Å². The van der Waals surface area contributed by atoms with E-state index in [-0.39, 0.29) is 0 Å². The smallest absolute Gasteiger partial charge is 0.0593 e. The second-order valence-corrected chi connectivity index (χ2v) is 4.75. The van der Waals surface area contributed by atoms with Gasteiger partial charge in [0.05, 0.1) is 13.2 Å². The van der Waals surface area contributed by atoms with E-state index in [2.05, 4.69) is 36.3 Å². The van der Waals surface area contributed by atoms with Gasteiger partial charge >= 0.3 is 0 Å². The van der Waals surface area contributed by atoms with Crippen LogP contribution in [0, 0.1) is 0 Å². The lowest BCUT2D eigenvalue weighted by Crippen LogP contribution is -2.37. The number of hydrogen-bond acceptors (Lipinski definition) is 4. The second kappa shape index (κ2) is 8.34. The summed E-state index contributed by atoms with van der Waals surface area (Å²) in [6.07, 6.45) is 1.31. The summed E-state index contributed by atoms with van der Waals surface area (Å²) in [5.74, 6) is 0.822. The molecule has 0 radical (unpaired) electrons. The minimum Gasteiger partial charge on any atom is -0.379 e. The van der Waals surface area contributed by atoms with Crippen LogP contribution < -0.4 is 0 Å². The van der Waals surface area contributed by atoms with Gasteiger partial charge < -0.3 is 4.74 Å². The molecule has 1 aliphatic rings. The fourth-order valence-electron chi connectivity index (χ4n) is 2.41. The number of nitrogens with zero attached hydrogens (tertiary/aromatic N) is 2. The van der Waals surface area contributed by atoms with Crippen LogP contribution in [0.5, 0.6) is 0 Å². The lowest BCUT2D eigenvalue weighted by molar-refractivity contribution is 0.119. The van der Waals surface area contributed by atoms with E-state index in [4.69, 9.17) is 4.74 Å². The van der Waals surface area contributed by atoms with Crippen molar-refractivity contribution in [1.82, 2.24) is 9.80 Å². The molecule has 16 heavy (non-hydrogen) atoms. The third-order valence-corrected chi connectivity index (χ3v) is 3.55. The Hall–Kier alpha value is 0.230. The first kappa shape index (κ1) is 14.3. The Balaban J connectivity index is 2.14. The van der Waals surface area contributed by atoms with Gasteiger partial charge in [-0.3, -0.25) is 9.80 Å². The standard InChI is InChI=1S/C12H26N2OS/c1-3-14(4-2)12-5-6-13(11-12)7-8-15-9-10-16/h12,16H,3-11H2,1-2H3. The monoisotopic (exact) mass is 246 g/mol. The Bertz CT molecular complexity index is 176. The van der Waals surface area contributed by atoms with Gasteiger partial charge in [0, 0.05) is 24.9 Å². The summed E-state index contributed by atoms with van der Waals surface area (Å²) in [5, 5.41) is 0. The van der Waals surface area contributed by atoms with Gasteiger partial charge in [0.1, 0.15) is 0 Å². The van der Waals surface area contributed by atoms with E-state index in [9.17, 15) is 0 Å². The molecule has 0 aliphatic carbocycles. The Morgan fingerprint density at radius 3 is 2.69 bits per heavy atom. The van der Waals surface area contributed by atoms with Gasteiger partial charge in [-0.15, -0.1) is 0 Å². The number of rotatable bonds is 8. The SMILES string of the molecule is CCN(CC)C1CCN(CCOCCS)C1. The van der Waals surface area contributed by atoms with Crippen molar-refractivity contribution in [1.29, 1.82) is 0 Å². The molecular weight excluding hydrogens is 220 g/mol. The van der Waals surface area contributed by atoms with Crippen molar-refractivity contribution in [2.45, 2.75) is 26.3 Å². The highest BCUT2D eigenvalue weighted by molar-refractivity contribution is 7.80. The van der Waals surface area contributed by atoms with Crippen LogP contribution in [0.2, 0.25) is 0 Å². The molecule has 0 aromatic rings. The number of hydrogen-bond donors (Lipinski definition) is 1. The molecule has 0 N–H and O–H groups in total. The van der Waals surface area contributed by atoms with E-state index in [0.717, 1.165) is 31.6 Å². The summed E-state index contributed by atoms with van der Waals surface area (Å²) in [7, 11) is 0.